The Morgan fingerprint density at radius 2 is 1.75 bits per heavy atom. The monoisotopic (exact) mass is 386 g/mol. The zero-order chi connectivity index (χ0) is 19.5. The molecule has 7 nitrogen and oxygen atoms in total. The second-order valence-electron chi connectivity index (χ2n) is 8.71. The molecular weight excluding hydrogens is 352 g/mol. The molecule has 3 aliphatic rings. The van der Waals surface area contributed by atoms with Gasteiger partial charge < -0.3 is 14.7 Å². The first kappa shape index (κ1) is 19.4. The number of carbonyl (C=O) groups is 1. The van der Waals surface area contributed by atoms with Gasteiger partial charge in [-0.15, -0.1) is 0 Å². The SMILES string of the molecule is CN(C)c1cncc(N2CCC(N3CCC[C@@H](C(=O)N4CCCC4)C3)CC2)n1. The summed E-state index contributed by atoms with van der Waals surface area (Å²) in [6.45, 7) is 6.07. The Labute approximate surface area is 168 Å². The lowest BCUT2D eigenvalue weighted by Crippen LogP contribution is -2.51. The maximum atomic E-state index is 12.8. The van der Waals surface area contributed by atoms with E-state index in [2.05, 4.69) is 19.7 Å². The van der Waals surface area contributed by atoms with Crippen molar-refractivity contribution < 1.29 is 4.79 Å². The summed E-state index contributed by atoms with van der Waals surface area (Å²) in [5, 5.41) is 0. The summed E-state index contributed by atoms with van der Waals surface area (Å²) in [4.78, 5) is 31.0. The van der Waals surface area contributed by atoms with Gasteiger partial charge in [0, 0.05) is 52.9 Å². The van der Waals surface area contributed by atoms with Gasteiger partial charge in [0.15, 0.2) is 0 Å². The Kier molecular flexibility index (Phi) is 5.99. The molecule has 0 saturated carbocycles. The predicted octanol–water partition coefficient (Wildman–Crippen LogP) is 1.85. The second-order valence-corrected chi connectivity index (χ2v) is 8.71. The molecule has 1 aromatic heterocycles. The molecule has 3 saturated heterocycles. The fourth-order valence-electron chi connectivity index (χ4n) is 4.91. The number of aromatic nitrogens is 2. The molecule has 0 unspecified atom stereocenters. The molecule has 0 spiro atoms. The maximum absolute atomic E-state index is 12.8. The number of anilines is 2. The molecule has 7 heteroatoms. The molecule has 0 radical (unpaired) electrons. The number of nitrogens with zero attached hydrogens (tertiary/aromatic N) is 6. The van der Waals surface area contributed by atoms with E-state index in [0.29, 0.717) is 11.9 Å². The van der Waals surface area contributed by atoms with Gasteiger partial charge in [0.25, 0.3) is 0 Å². The van der Waals surface area contributed by atoms with Crippen LogP contribution in [-0.4, -0.2) is 85.1 Å². The first-order valence-electron chi connectivity index (χ1n) is 10.9. The molecule has 154 valence electrons. The molecule has 1 aromatic rings. The third kappa shape index (κ3) is 4.24. The molecule has 1 amide bonds. The number of rotatable bonds is 4. The van der Waals surface area contributed by atoms with Crippen LogP contribution in [0.3, 0.4) is 0 Å². The molecule has 3 aliphatic heterocycles. The molecule has 28 heavy (non-hydrogen) atoms. The van der Waals surface area contributed by atoms with Gasteiger partial charge in [-0.05, 0) is 45.1 Å². The number of hydrogen-bond donors (Lipinski definition) is 0. The Morgan fingerprint density at radius 3 is 2.46 bits per heavy atom. The van der Waals surface area contributed by atoms with Gasteiger partial charge in [0.2, 0.25) is 5.91 Å². The lowest BCUT2D eigenvalue weighted by Gasteiger charge is -2.42. The van der Waals surface area contributed by atoms with Gasteiger partial charge in [-0.1, -0.05) is 0 Å². The normalized spacial score (nSPS) is 24.6. The number of carbonyl (C=O) groups excluding carboxylic acids is 1. The third-order valence-corrected chi connectivity index (χ3v) is 6.59. The van der Waals surface area contributed by atoms with Crippen LogP contribution in [0.1, 0.15) is 38.5 Å². The van der Waals surface area contributed by atoms with Crippen molar-refractivity contribution in [2.75, 3.05) is 63.2 Å². The van der Waals surface area contributed by atoms with Crippen molar-refractivity contribution >= 4 is 17.5 Å². The zero-order valence-electron chi connectivity index (χ0n) is 17.4. The zero-order valence-corrected chi connectivity index (χ0v) is 17.4. The third-order valence-electron chi connectivity index (χ3n) is 6.59. The van der Waals surface area contributed by atoms with E-state index in [0.717, 1.165) is 76.6 Å². The van der Waals surface area contributed by atoms with Gasteiger partial charge in [-0.3, -0.25) is 14.7 Å². The van der Waals surface area contributed by atoms with E-state index in [9.17, 15) is 4.79 Å². The van der Waals surface area contributed by atoms with Crippen LogP contribution in [0, 0.1) is 5.92 Å². The number of likely N-dealkylation sites (tertiary alicyclic amines) is 2. The van der Waals surface area contributed by atoms with Crippen LogP contribution in [0.2, 0.25) is 0 Å². The predicted molar refractivity (Wildman–Crippen MR) is 112 cm³/mol. The summed E-state index contributed by atoms with van der Waals surface area (Å²) >= 11 is 0. The average Bonchev–Trinajstić information content (AvgIpc) is 3.28. The molecular formula is C21H34N6O. The Bertz CT molecular complexity index is 667. The molecule has 0 N–H and O–H groups in total. The number of hydrogen-bond acceptors (Lipinski definition) is 6. The molecule has 0 aromatic carbocycles. The molecule has 0 aliphatic carbocycles. The molecule has 1 atom stereocenters. The highest BCUT2D eigenvalue weighted by Crippen LogP contribution is 2.27. The largest absolute Gasteiger partial charge is 0.361 e. The molecule has 4 rings (SSSR count). The standard InChI is InChI=1S/C21H34N6O/c1-24(2)19-14-22-15-20(23-19)25-12-7-18(8-13-25)27-11-5-6-17(16-27)21(28)26-9-3-4-10-26/h14-15,17-18H,3-13,16H2,1-2H3/t17-/m1/s1. The highest BCUT2D eigenvalue weighted by atomic mass is 16.2. The summed E-state index contributed by atoms with van der Waals surface area (Å²) in [6.07, 6.45) is 10.5. The van der Waals surface area contributed by atoms with Crippen LogP contribution >= 0.6 is 0 Å². The minimum atomic E-state index is 0.215. The molecule has 0 bridgehead atoms. The van der Waals surface area contributed by atoms with Gasteiger partial charge >= 0.3 is 0 Å². The topological polar surface area (TPSA) is 55.8 Å². The molecule has 3 fully saturated rings. The highest BCUT2D eigenvalue weighted by Gasteiger charge is 2.34. The van der Waals surface area contributed by atoms with E-state index in [4.69, 9.17) is 4.98 Å². The second kappa shape index (κ2) is 8.64. The van der Waals surface area contributed by atoms with Crippen LogP contribution in [-0.2, 0) is 4.79 Å². The van der Waals surface area contributed by atoms with Crippen molar-refractivity contribution in [1.82, 2.24) is 19.8 Å². The van der Waals surface area contributed by atoms with Gasteiger partial charge in [0.1, 0.15) is 11.6 Å². The van der Waals surface area contributed by atoms with Crippen molar-refractivity contribution in [2.45, 2.75) is 44.6 Å². The lowest BCUT2D eigenvalue weighted by atomic mass is 9.93. The van der Waals surface area contributed by atoms with Crippen molar-refractivity contribution in [3.8, 4) is 0 Å². The van der Waals surface area contributed by atoms with Gasteiger partial charge in [-0.2, -0.15) is 0 Å². The Hall–Kier alpha value is -1.89. The summed E-state index contributed by atoms with van der Waals surface area (Å²) in [5.74, 6) is 2.51. The average molecular weight is 387 g/mol. The smallest absolute Gasteiger partial charge is 0.226 e. The van der Waals surface area contributed by atoms with Crippen molar-refractivity contribution in [3.63, 3.8) is 0 Å². The van der Waals surface area contributed by atoms with E-state index in [-0.39, 0.29) is 5.92 Å². The summed E-state index contributed by atoms with van der Waals surface area (Å²) < 4.78 is 0. The number of amides is 1. The summed E-state index contributed by atoms with van der Waals surface area (Å²) in [6, 6.07) is 0.593. The van der Waals surface area contributed by atoms with Gasteiger partial charge in [0.05, 0.1) is 18.3 Å². The van der Waals surface area contributed by atoms with Crippen molar-refractivity contribution in [1.29, 1.82) is 0 Å². The minimum absolute atomic E-state index is 0.215. The maximum Gasteiger partial charge on any atom is 0.226 e. The first-order valence-corrected chi connectivity index (χ1v) is 10.9. The van der Waals surface area contributed by atoms with Crippen molar-refractivity contribution in [2.24, 2.45) is 5.92 Å². The van der Waals surface area contributed by atoms with Crippen LogP contribution in [0.4, 0.5) is 11.6 Å². The summed E-state index contributed by atoms with van der Waals surface area (Å²) in [7, 11) is 3.99. The van der Waals surface area contributed by atoms with Crippen LogP contribution in [0.5, 0.6) is 0 Å². The molecule has 4 heterocycles. The minimum Gasteiger partial charge on any atom is -0.361 e. The first-order chi connectivity index (χ1) is 13.6. The van der Waals surface area contributed by atoms with Crippen LogP contribution < -0.4 is 9.80 Å². The highest BCUT2D eigenvalue weighted by molar-refractivity contribution is 5.79. The van der Waals surface area contributed by atoms with Crippen LogP contribution in [0.25, 0.3) is 0 Å². The van der Waals surface area contributed by atoms with E-state index in [1.54, 1.807) is 0 Å². The summed E-state index contributed by atoms with van der Waals surface area (Å²) in [5.41, 5.74) is 0. The Morgan fingerprint density at radius 1 is 1.00 bits per heavy atom. The quantitative estimate of drug-likeness (QED) is 0.787. The van der Waals surface area contributed by atoms with Crippen LogP contribution in [0.15, 0.2) is 12.4 Å². The number of piperidine rings is 2. The van der Waals surface area contributed by atoms with E-state index < -0.39 is 0 Å². The Balaban J connectivity index is 1.32. The lowest BCUT2D eigenvalue weighted by molar-refractivity contribution is -0.136. The van der Waals surface area contributed by atoms with E-state index >= 15 is 0 Å². The van der Waals surface area contributed by atoms with Crippen molar-refractivity contribution in [3.05, 3.63) is 12.4 Å². The van der Waals surface area contributed by atoms with E-state index in [1.807, 2.05) is 31.4 Å². The van der Waals surface area contributed by atoms with E-state index in [1.165, 1.54) is 12.8 Å². The van der Waals surface area contributed by atoms with Gasteiger partial charge in [-0.25, -0.2) is 4.98 Å². The fraction of sp³-hybridized carbons (Fsp3) is 0.762. The fourth-order valence-corrected chi connectivity index (χ4v) is 4.91.